The second-order valence-corrected chi connectivity index (χ2v) is 5.43. The zero-order chi connectivity index (χ0) is 14.8. The molecule has 1 N–H and O–H groups in total. The average Bonchev–Trinajstić information content (AvgIpc) is 2.49. The van der Waals surface area contributed by atoms with E-state index in [1.807, 2.05) is 25.1 Å². The van der Waals surface area contributed by atoms with Crippen molar-refractivity contribution < 1.29 is 9.21 Å². The Morgan fingerprint density at radius 1 is 1.29 bits per heavy atom. The molecule has 0 saturated heterocycles. The summed E-state index contributed by atoms with van der Waals surface area (Å²) in [6.07, 6.45) is 2.72. The van der Waals surface area contributed by atoms with Gasteiger partial charge in [-0.1, -0.05) is 25.1 Å². The first-order valence-corrected chi connectivity index (χ1v) is 7.18. The molecule has 1 aliphatic rings. The summed E-state index contributed by atoms with van der Waals surface area (Å²) in [5.74, 6) is 0.549. The number of hydrogen-bond donors (Lipinski definition) is 1. The minimum Gasteiger partial charge on any atom is -0.455 e. The van der Waals surface area contributed by atoms with Crippen LogP contribution in [0.15, 0.2) is 45.6 Å². The number of para-hydroxylation sites is 1. The van der Waals surface area contributed by atoms with Crippen molar-refractivity contribution in [3.05, 3.63) is 63.7 Å². The van der Waals surface area contributed by atoms with Gasteiger partial charge in [-0.3, -0.25) is 9.59 Å². The third-order valence-electron chi connectivity index (χ3n) is 3.84. The SMILES string of the molecule is CC1CCCc2c1oc(C(=O)Nc1ccccc1)cc2=O. The van der Waals surface area contributed by atoms with Crippen molar-refractivity contribution in [2.75, 3.05) is 5.32 Å². The molecular formula is C17H17NO3. The van der Waals surface area contributed by atoms with E-state index in [1.165, 1.54) is 6.07 Å². The van der Waals surface area contributed by atoms with Gasteiger partial charge in [-0.05, 0) is 31.4 Å². The summed E-state index contributed by atoms with van der Waals surface area (Å²) in [6.45, 7) is 2.03. The van der Waals surface area contributed by atoms with Crippen LogP contribution >= 0.6 is 0 Å². The molecule has 2 aromatic rings. The number of carbonyl (C=O) groups excluding carboxylic acids is 1. The Balaban J connectivity index is 1.92. The Kier molecular flexibility index (Phi) is 3.60. The molecule has 21 heavy (non-hydrogen) atoms. The predicted octanol–water partition coefficient (Wildman–Crippen LogP) is 3.33. The van der Waals surface area contributed by atoms with Crippen LogP contribution in [-0.4, -0.2) is 5.91 Å². The molecule has 0 aliphatic heterocycles. The van der Waals surface area contributed by atoms with Crippen molar-refractivity contribution in [1.82, 2.24) is 0 Å². The number of carbonyl (C=O) groups is 1. The summed E-state index contributed by atoms with van der Waals surface area (Å²) >= 11 is 0. The fourth-order valence-corrected chi connectivity index (χ4v) is 2.72. The van der Waals surface area contributed by atoms with Gasteiger partial charge in [0.05, 0.1) is 0 Å². The summed E-state index contributed by atoms with van der Waals surface area (Å²) < 4.78 is 5.71. The normalized spacial score (nSPS) is 17.1. The molecule has 0 fully saturated rings. The first kappa shape index (κ1) is 13.6. The Morgan fingerprint density at radius 2 is 2.05 bits per heavy atom. The van der Waals surface area contributed by atoms with Crippen LogP contribution in [0.4, 0.5) is 5.69 Å². The molecular weight excluding hydrogens is 266 g/mol. The van der Waals surface area contributed by atoms with Crippen LogP contribution < -0.4 is 10.7 Å². The van der Waals surface area contributed by atoms with Gasteiger partial charge < -0.3 is 9.73 Å². The first-order valence-electron chi connectivity index (χ1n) is 7.18. The summed E-state index contributed by atoms with van der Waals surface area (Å²) in [5.41, 5.74) is 1.31. The number of anilines is 1. The van der Waals surface area contributed by atoms with Crippen LogP contribution in [0.3, 0.4) is 0 Å². The van der Waals surface area contributed by atoms with E-state index in [1.54, 1.807) is 12.1 Å². The second-order valence-electron chi connectivity index (χ2n) is 5.43. The average molecular weight is 283 g/mol. The van der Waals surface area contributed by atoms with Crippen molar-refractivity contribution in [3.63, 3.8) is 0 Å². The standard InChI is InChI=1S/C17H17NO3/c1-11-6-5-9-13-14(19)10-15(21-16(11)13)17(20)18-12-7-3-2-4-8-12/h2-4,7-8,10-11H,5-6,9H2,1H3,(H,18,20). The van der Waals surface area contributed by atoms with E-state index in [2.05, 4.69) is 5.32 Å². The molecule has 0 radical (unpaired) electrons. The molecule has 1 aromatic heterocycles. The predicted molar refractivity (Wildman–Crippen MR) is 80.7 cm³/mol. The highest BCUT2D eigenvalue weighted by molar-refractivity contribution is 6.02. The second kappa shape index (κ2) is 5.56. The number of nitrogens with one attached hydrogen (secondary N) is 1. The number of fused-ring (bicyclic) bond motifs is 1. The summed E-state index contributed by atoms with van der Waals surface area (Å²) in [5, 5.41) is 2.74. The number of rotatable bonds is 2. The van der Waals surface area contributed by atoms with Gasteiger partial charge >= 0.3 is 0 Å². The van der Waals surface area contributed by atoms with Crippen LogP contribution in [0.25, 0.3) is 0 Å². The lowest BCUT2D eigenvalue weighted by atomic mass is 9.89. The van der Waals surface area contributed by atoms with E-state index < -0.39 is 0 Å². The lowest BCUT2D eigenvalue weighted by Gasteiger charge is -2.20. The molecule has 3 rings (SSSR count). The number of amides is 1. The van der Waals surface area contributed by atoms with Crippen LogP contribution in [0.5, 0.6) is 0 Å². The molecule has 0 saturated carbocycles. The first-order chi connectivity index (χ1) is 10.1. The van der Waals surface area contributed by atoms with Crippen LogP contribution in [-0.2, 0) is 6.42 Å². The highest BCUT2D eigenvalue weighted by Crippen LogP contribution is 2.29. The Morgan fingerprint density at radius 3 is 2.81 bits per heavy atom. The third-order valence-corrected chi connectivity index (χ3v) is 3.84. The molecule has 1 aliphatic carbocycles. The fourth-order valence-electron chi connectivity index (χ4n) is 2.72. The largest absolute Gasteiger partial charge is 0.455 e. The molecule has 4 heteroatoms. The molecule has 1 amide bonds. The highest BCUT2D eigenvalue weighted by atomic mass is 16.3. The minimum atomic E-state index is -0.390. The lowest BCUT2D eigenvalue weighted by Crippen LogP contribution is -2.22. The summed E-state index contributed by atoms with van der Waals surface area (Å²) in [4.78, 5) is 24.4. The smallest absolute Gasteiger partial charge is 0.291 e. The molecule has 4 nitrogen and oxygen atoms in total. The van der Waals surface area contributed by atoms with E-state index in [9.17, 15) is 9.59 Å². The third kappa shape index (κ3) is 2.75. The molecule has 1 heterocycles. The molecule has 1 atom stereocenters. The molecule has 0 spiro atoms. The number of benzene rings is 1. The van der Waals surface area contributed by atoms with Crippen molar-refractivity contribution in [1.29, 1.82) is 0 Å². The van der Waals surface area contributed by atoms with Crippen molar-refractivity contribution >= 4 is 11.6 Å². The van der Waals surface area contributed by atoms with Gasteiger partial charge in [0.2, 0.25) is 0 Å². The highest BCUT2D eigenvalue weighted by Gasteiger charge is 2.24. The number of hydrogen-bond acceptors (Lipinski definition) is 3. The van der Waals surface area contributed by atoms with Gasteiger partial charge in [0.15, 0.2) is 11.2 Å². The summed E-state index contributed by atoms with van der Waals surface area (Å²) in [7, 11) is 0. The zero-order valence-electron chi connectivity index (χ0n) is 11.9. The van der Waals surface area contributed by atoms with Crippen molar-refractivity contribution in [3.8, 4) is 0 Å². The minimum absolute atomic E-state index is 0.0800. The van der Waals surface area contributed by atoms with Crippen LogP contribution in [0.1, 0.15) is 47.6 Å². The van der Waals surface area contributed by atoms with E-state index >= 15 is 0 Å². The van der Waals surface area contributed by atoms with Crippen molar-refractivity contribution in [2.24, 2.45) is 0 Å². The molecule has 1 aromatic carbocycles. The Labute approximate surface area is 122 Å². The van der Waals surface area contributed by atoms with Gasteiger partial charge in [-0.15, -0.1) is 0 Å². The Bertz CT molecular complexity index is 719. The van der Waals surface area contributed by atoms with E-state index in [0.717, 1.165) is 24.8 Å². The maximum absolute atomic E-state index is 12.2. The van der Waals surface area contributed by atoms with Crippen molar-refractivity contribution in [2.45, 2.75) is 32.1 Å². The van der Waals surface area contributed by atoms with E-state index in [-0.39, 0.29) is 23.0 Å². The molecule has 0 bridgehead atoms. The quantitative estimate of drug-likeness (QED) is 0.919. The van der Waals surface area contributed by atoms with Crippen LogP contribution in [0.2, 0.25) is 0 Å². The lowest BCUT2D eigenvalue weighted by molar-refractivity contribution is 0.0990. The van der Waals surface area contributed by atoms with Gasteiger partial charge in [0, 0.05) is 23.2 Å². The maximum Gasteiger partial charge on any atom is 0.291 e. The summed E-state index contributed by atoms with van der Waals surface area (Å²) in [6, 6.07) is 10.4. The monoisotopic (exact) mass is 283 g/mol. The van der Waals surface area contributed by atoms with Gasteiger partial charge in [0.25, 0.3) is 5.91 Å². The van der Waals surface area contributed by atoms with Gasteiger partial charge in [-0.2, -0.15) is 0 Å². The molecule has 108 valence electrons. The van der Waals surface area contributed by atoms with Gasteiger partial charge in [0.1, 0.15) is 5.76 Å². The molecule has 1 unspecified atom stereocenters. The van der Waals surface area contributed by atoms with E-state index in [4.69, 9.17) is 4.42 Å². The Hall–Kier alpha value is -2.36. The van der Waals surface area contributed by atoms with E-state index in [0.29, 0.717) is 11.4 Å². The van der Waals surface area contributed by atoms with Gasteiger partial charge in [-0.25, -0.2) is 0 Å². The van der Waals surface area contributed by atoms with Crippen LogP contribution in [0, 0.1) is 0 Å². The fraction of sp³-hybridized carbons (Fsp3) is 0.294. The maximum atomic E-state index is 12.2. The zero-order valence-corrected chi connectivity index (χ0v) is 11.9. The topological polar surface area (TPSA) is 59.3 Å².